The summed E-state index contributed by atoms with van der Waals surface area (Å²) in [5, 5.41) is 14.6. The number of nitro groups is 1. The van der Waals surface area contributed by atoms with Crippen molar-refractivity contribution in [3.8, 4) is 0 Å². The molecule has 1 aromatic carbocycles. The van der Waals surface area contributed by atoms with E-state index in [1.54, 1.807) is 26.8 Å². The average molecular weight is 349 g/mol. The number of rotatable bonds is 4. The second-order valence-electron chi connectivity index (χ2n) is 6.98. The number of carbonyl (C=O) groups excluding carboxylic acids is 2. The molecule has 8 heteroatoms. The second kappa shape index (κ2) is 7.18. The number of ketones is 1. The molecule has 0 amide bonds. The minimum Gasteiger partial charge on any atom is -0.456 e. The fourth-order valence-electron chi connectivity index (χ4n) is 2.73. The molecule has 1 heterocycles. The van der Waals surface area contributed by atoms with Crippen molar-refractivity contribution in [1.29, 1.82) is 0 Å². The van der Waals surface area contributed by atoms with Crippen LogP contribution in [0.25, 0.3) is 0 Å². The monoisotopic (exact) mass is 349 g/mol. The van der Waals surface area contributed by atoms with Crippen LogP contribution in [0.15, 0.2) is 18.2 Å². The number of nitrogens with zero attached hydrogens (tertiary/aromatic N) is 2. The van der Waals surface area contributed by atoms with Crippen molar-refractivity contribution in [2.75, 3.05) is 24.5 Å². The molecule has 1 unspecified atom stereocenters. The summed E-state index contributed by atoms with van der Waals surface area (Å²) in [6.07, 6.45) is 0. The van der Waals surface area contributed by atoms with Gasteiger partial charge in [0.1, 0.15) is 11.2 Å². The van der Waals surface area contributed by atoms with Gasteiger partial charge in [-0.1, -0.05) is 0 Å². The molecular weight excluding hydrogens is 326 g/mol. The van der Waals surface area contributed by atoms with Gasteiger partial charge in [0.15, 0.2) is 5.78 Å². The van der Waals surface area contributed by atoms with Crippen LogP contribution in [0.5, 0.6) is 0 Å². The molecule has 1 aliphatic heterocycles. The van der Waals surface area contributed by atoms with Crippen molar-refractivity contribution < 1.29 is 19.2 Å². The van der Waals surface area contributed by atoms with Crippen LogP contribution in [-0.4, -0.2) is 48.0 Å². The Kier molecular flexibility index (Phi) is 5.42. The molecule has 1 atom stereocenters. The number of hydrogen-bond acceptors (Lipinski definition) is 7. The quantitative estimate of drug-likeness (QED) is 0.503. The number of ether oxygens (including phenoxy) is 1. The van der Waals surface area contributed by atoms with Gasteiger partial charge in [-0.3, -0.25) is 14.9 Å². The molecule has 0 spiro atoms. The molecule has 0 saturated carbocycles. The van der Waals surface area contributed by atoms with Gasteiger partial charge in [0.2, 0.25) is 0 Å². The maximum atomic E-state index is 12.2. The maximum absolute atomic E-state index is 12.2. The molecule has 1 saturated heterocycles. The first-order chi connectivity index (χ1) is 11.6. The molecule has 1 aromatic rings. The topological polar surface area (TPSA) is 102 Å². The third-order valence-electron chi connectivity index (χ3n) is 3.84. The fourth-order valence-corrected chi connectivity index (χ4v) is 2.73. The van der Waals surface area contributed by atoms with Crippen LogP contribution in [0.1, 0.15) is 38.1 Å². The van der Waals surface area contributed by atoms with Crippen LogP contribution in [0.4, 0.5) is 11.4 Å². The van der Waals surface area contributed by atoms with Crippen molar-refractivity contribution in [3.05, 3.63) is 33.9 Å². The average Bonchev–Trinajstić information content (AvgIpc) is 2.52. The van der Waals surface area contributed by atoms with E-state index in [0.717, 1.165) is 0 Å². The number of nitrogens with one attached hydrogen (secondary N) is 1. The van der Waals surface area contributed by atoms with E-state index < -0.39 is 16.5 Å². The zero-order valence-electron chi connectivity index (χ0n) is 14.9. The molecule has 1 fully saturated rings. The van der Waals surface area contributed by atoms with E-state index in [1.807, 2.05) is 4.90 Å². The summed E-state index contributed by atoms with van der Waals surface area (Å²) >= 11 is 0. The Morgan fingerprint density at radius 3 is 2.60 bits per heavy atom. The van der Waals surface area contributed by atoms with E-state index in [4.69, 9.17) is 4.74 Å². The highest BCUT2D eigenvalue weighted by Gasteiger charge is 2.30. The van der Waals surface area contributed by atoms with Gasteiger partial charge < -0.3 is 15.0 Å². The van der Waals surface area contributed by atoms with Crippen molar-refractivity contribution in [3.63, 3.8) is 0 Å². The Labute approximate surface area is 146 Å². The lowest BCUT2D eigenvalue weighted by Crippen LogP contribution is -2.54. The summed E-state index contributed by atoms with van der Waals surface area (Å²) in [4.78, 5) is 36.7. The number of anilines is 1. The highest BCUT2D eigenvalue weighted by Crippen LogP contribution is 2.29. The zero-order valence-corrected chi connectivity index (χ0v) is 14.9. The Balaban J connectivity index is 2.40. The van der Waals surface area contributed by atoms with Crippen LogP contribution in [0.3, 0.4) is 0 Å². The molecule has 0 radical (unpaired) electrons. The highest BCUT2D eigenvalue weighted by molar-refractivity contribution is 5.95. The van der Waals surface area contributed by atoms with Gasteiger partial charge >= 0.3 is 5.97 Å². The first-order valence-corrected chi connectivity index (χ1v) is 8.10. The number of Topliss-reactive ketones (excluding diaryl/α,β-unsaturated/α-hetero) is 1. The first-order valence-electron chi connectivity index (χ1n) is 8.10. The summed E-state index contributed by atoms with van der Waals surface area (Å²) in [6.45, 7) is 8.29. The normalized spacial score (nSPS) is 17.9. The van der Waals surface area contributed by atoms with Crippen LogP contribution >= 0.6 is 0 Å². The minimum absolute atomic E-state index is 0.0222. The van der Waals surface area contributed by atoms with Crippen LogP contribution in [0, 0.1) is 10.1 Å². The van der Waals surface area contributed by atoms with Gasteiger partial charge in [-0.25, -0.2) is 4.79 Å². The van der Waals surface area contributed by atoms with Crippen LogP contribution in [-0.2, 0) is 9.53 Å². The summed E-state index contributed by atoms with van der Waals surface area (Å²) in [7, 11) is 0. The number of benzene rings is 1. The van der Waals surface area contributed by atoms with E-state index in [-0.39, 0.29) is 23.1 Å². The Bertz CT molecular complexity index is 696. The number of esters is 1. The standard InChI is InChI=1S/C17H23N3O5/c1-11(21)15-10-18-7-8-19(15)12-5-6-13(14(9-12)20(23)24)16(22)25-17(2,3)4/h5-6,9,15,18H,7-8,10H2,1-4H3. The fraction of sp³-hybridized carbons (Fsp3) is 0.529. The van der Waals surface area contributed by atoms with E-state index in [0.29, 0.717) is 25.3 Å². The van der Waals surface area contributed by atoms with E-state index >= 15 is 0 Å². The number of hydrogen-bond donors (Lipinski definition) is 1. The lowest BCUT2D eigenvalue weighted by atomic mass is 10.1. The molecular formula is C17H23N3O5. The molecule has 25 heavy (non-hydrogen) atoms. The van der Waals surface area contributed by atoms with Crippen LogP contribution in [0.2, 0.25) is 0 Å². The predicted molar refractivity (Wildman–Crippen MR) is 92.9 cm³/mol. The highest BCUT2D eigenvalue weighted by atomic mass is 16.6. The van der Waals surface area contributed by atoms with Gasteiger partial charge in [-0.05, 0) is 39.8 Å². The number of carbonyl (C=O) groups is 2. The molecule has 0 aliphatic carbocycles. The lowest BCUT2D eigenvalue weighted by molar-refractivity contribution is -0.385. The number of piperazine rings is 1. The maximum Gasteiger partial charge on any atom is 0.345 e. The SMILES string of the molecule is CC(=O)C1CNCCN1c1ccc(C(=O)OC(C)(C)C)c([N+](=O)[O-])c1. The number of nitro benzene ring substituents is 1. The van der Waals surface area contributed by atoms with Gasteiger partial charge in [-0.15, -0.1) is 0 Å². The molecule has 136 valence electrons. The van der Waals surface area contributed by atoms with Gasteiger partial charge in [0.05, 0.1) is 11.0 Å². The van der Waals surface area contributed by atoms with Crippen molar-refractivity contribution >= 4 is 23.1 Å². The van der Waals surface area contributed by atoms with Gasteiger partial charge in [0.25, 0.3) is 5.69 Å². The lowest BCUT2D eigenvalue weighted by Gasteiger charge is -2.36. The first kappa shape index (κ1) is 18.9. The zero-order chi connectivity index (χ0) is 18.8. The predicted octanol–water partition coefficient (Wildman–Crippen LogP) is 1.92. The minimum atomic E-state index is -0.748. The molecule has 1 aliphatic rings. The summed E-state index contributed by atoms with van der Waals surface area (Å²) in [5.74, 6) is -0.764. The van der Waals surface area contributed by atoms with Crippen molar-refractivity contribution in [1.82, 2.24) is 5.32 Å². The van der Waals surface area contributed by atoms with E-state index in [1.165, 1.54) is 19.1 Å². The smallest absolute Gasteiger partial charge is 0.345 e. The molecule has 2 rings (SSSR count). The largest absolute Gasteiger partial charge is 0.456 e. The third-order valence-corrected chi connectivity index (χ3v) is 3.84. The summed E-state index contributed by atoms with van der Waals surface area (Å²) < 4.78 is 5.24. The third kappa shape index (κ3) is 4.54. The summed E-state index contributed by atoms with van der Waals surface area (Å²) in [5.41, 5.74) is -0.631. The Morgan fingerprint density at radius 1 is 1.36 bits per heavy atom. The van der Waals surface area contributed by atoms with Crippen molar-refractivity contribution in [2.24, 2.45) is 0 Å². The van der Waals surface area contributed by atoms with E-state index in [2.05, 4.69) is 5.32 Å². The molecule has 0 aromatic heterocycles. The second-order valence-corrected chi connectivity index (χ2v) is 6.98. The van der Waals surface area contributed by atoms with Crippen LogP contribution < -0.4 is 10.2 Å². The Morgan fingerprint density at radius 2 is 2.04 bits per heavy atom. The molecule has 0 bridgehead atoms. The van der Waals surface area contributed by atoms with Gasteiger partial charge in [0, 0.05) is 31.4 Å². The van der Waals surface area contributed by atoms with Gasteiger partial charge in [-0.2, -0.15) is 0 Å². The summed E-state index contributed by atoms with van der Waals surface area (Å²) in [6, 6.07) is 3.95. The molecule has 8 nitrogen and oxygen atoms in total. The van der Waals surface area contributed by atoms with E-state index in [9.17, 15) is 19.7 Å². The Hall–Kier alpha value is -2.48. The van der Waals surface area contributed by atoms with Crippen molar-refractivity contribution in [2.45, 2.75) is 39.3 Å². The molecule has 1 N–H and O–H groups in total.